The van der Waals surface area contributed by atoms with E-state index in [0.29, 0.717) is 38.2 Å². The topological polar surface area (TPSA) is 110 Å². The third-order valence-corrected chi connectivity index (χ3v) is 5.51. The third-order valence-electron chi connectivity index (χ3n) is 5.51. The molecule has 0 fully saturated rings. The number of hydrogen-bond acceptors (Lipinski definition) is 6. The summed E-state index contributed by atoms with van der Waals surface area (Å²) in [5.41, 5.74) is 3.73. The largest absolute Gasteiger partial charge is 0.396 e. The van der Waals surface area contributed by atoms with E-state index in [9.17, 15) is 9.90 Å². The number of quaternary nitrogens is 1. The molecule has 1 unspecified atom stereocenters. The summed E-state index contributed by atoms with van der Waals surface area (Å²) in [5, 5.41) is 22.5. The SMILES string of the molecule is COCCn1nnnc1[C@H](C)[NH+](CCCO)Cc1cc2cc(C)cc(C)c2[nH]c1=O. The van der Waals surface area contributed by atoms with E-state index >= 15 is 0 Å². The molecule has 0 aliphatic rings. The Morgan fingerprint density at radius 3 is 2.83 bits per heavy atom. The quantitative estimate of drug-likeness (QED) is 0.440. The Hall–Kier alpha value is -2.62. The molecule has 1 aromatic carbocycles. The number of hydrogen-bond donors (Lipinski definition) is 3. The molecule has 0 saturated heterocycles. The molecule has 0 bridgehead atoms. The van der Waals surface area contributed by atoms with Gasteiger partial charge in [0.25, 0.3) is 5.56 Å². The number of benzene rings is 1. The summed E-state index contributed by atoms with van der Waals surface area (Å²) >= 11 is 0. The van der Waals surface area contributed by atoms with Crippen LogP contribution in [0, 0.1) is 13.8 Å². The van der Waals surface area contributed by atoms with E-state index in [1.165, 1.54) is 0 Å². The van der Waals surface area contributed by atoms with Gasteiger partial charge in [0.05, 0.1) is 30.8 Å². The number of nitrogens with zero attached hydrogens (tertiary/aromatic N) is 4. The average molecular weight is 416 g/mol. The van der Waals surface area contributed by atoms with E-state index in [1.807, 2.05) is 19.9 Å². The summed E-state index contributed by atoms with van der Waals surface area (Å²) < 4.78 is 6.89. The van der Waals surface area contributed by atoms with E-state index in [4.69, 9.17) is 4.74 Å². The molecule has 0 spiro atoms. The van der Waals surface area contributed by atoms with E-state index in [2.05, 4.69) is 39.6 Å². The number of aryl methyl sites for hydroxylation is 2. The Morgan fingerprint density at radius 1 is 1.30 bits per heavy atom. The Labute approximate surface area is 175 Å². The average Bonchev–Trinajstić information content (AvgIpc) is 3.18. The zero-order valence-corrected chi connectivity index (χ0v) is 18.1. The van der Waals surface area contributed by atoms with Crippen LogP contribution in [0.5, 0.6) is 0 Å². The predicted molar refractivity (Wildman–Crippen MR) is 113 cm³/mol. The molecule has 0 amide bonds. The Morgan fingerprint density at radius 2 is 2.10 bits per heavy atom. The molecule has 2 heterocycles. The van der Waals surface area contributed by atoms with Gasteiger partial charge >= 0.3 is 0 Å². The van der Waals surface area contributed by atoms with Crippen LogP contribution < -0.4 is 10.5 Å². The van der Waals surface area contributed by atoms with Gasteiger partial charge in [0.15, 0.2) is 0 Å². The van der Waals surface area contributed by atoms with Gasteiger partial charge < -0.3 is 19.7 Å². The van der Waals surface area contributed by atoms with Crippen LogP contribution in [-0.2, 0) is 17.8 Å². The molecule has 2 atom stereocenters. The van der Waals surface area contributed by atoms with Crippen LogP contribution >= 0.6 is 0 Å². The molecule has 0 aliphatic carbocycles. The van der Waals surface area contributed by atoms with E-state index in [1.54, 1.807) is 11.8 Å². The number of pyridine rings is 1. The highest BCUT2D eigenvalue weighted by atomic mass is 16.5. The van der Waals surface area contributed by atoms with Crippen LogP contribution in [0.3, 0.4) is 0 Å². The van der Waals surface area contributed by atoms with Crippen molar-refractivity contribution >= 4 is 10.9 Å². The first-order valence-electron chi connectivity index (χ1n) is 10.3. The summed E-state index contributed by atoms with van der Waals surface area (Å²) in [5.74, 6) is 0.740. The summed E-state index contributed by atoms with van der Waals surface area (Å²) in [4.78, 5) is 17.0. The van der Waals surface area contributed by atoms with Crippen LogP contribution in [0.25, 0.3) is 10.9 Å². The first kappa shape index (κ1) is 22.1. The van der Waals surface area contributed by atoms with Crippen LogP contribution in [-0.4, -0.2) is 57.2 Å². The lowest BCUT2D eigenvalue weighted by molar-refractivity contribution is -0.944. The highest BCUT2D eigenvalue weighted by molar-refractivity contribution is 5.82. The van der Waals surface area contributed by atoms with Gasteiger partial charge in [-0.15, -0.1) is 5.10 Å². The zero-order valence-electron chi connectivity index (χ0n) is 18.1. The number of tetrazole rings is 1. The van der Waals surface area contributed by atoms with Crippen LogP contribution in [0.4, 0.5) is 0 Å². The summed E-state index contributed by atoms with van der Waals surface area (Å²) in [6, 6.07) is 6.08. The highest BCUT2D eigenvalue weighted by Gasteiger charge is 2.26. The van der Waals surface area contributed by atoms with E-state index < -0.39 is 0 Å². The van der Waals surface area contributed by atoms with Crippen molar-refractivity contribution in [2.45, 2.75) is 46.3 Å². The molecule has 30 heavy (non-hydrogen) atoms. The van der Waals surface area contributed by atoms with Crippen LogP contribution in [0.15, 0.2) is 23.0 Å². The summed E-state index contributed by atoms with van der Waals surface area (Å²) in [6.07, 6.45) is 0.628. The number of aliphatic hydroxyl groups excluding tert-OH is 1. The first-order chi connectivity index (χ1) is 14.4. The molecule has 3 rings (SSSR count). The monoisotopic (exact) mass is 415 g/mol. The molecule has 2 aromatic heterocycles. The minimum atomic E-state index is -0.0814. The third kappa shape index (κ3) is 4.92. The fraction of sp³-hybridized carbons (Fsp3) is 0.524. The second-order valence-electron chi connectivity index (χ2n) is 7.81. The van der Waals surface area contributed by atoms with Crippen molar-refractivity contribution < 1.29 is 14.7 Å². The first-order valence-corrected chi connectivity index (χ1v) is 10.3. The maximum atomic E-state index is 12.8. The molecule has 162 valence electrons. The standard InChI is InChI=1S/C21H30N6O3/c1-14-10-15(2)19-17(11-14)12-18(21(29)22-19)13-26(6-5-8-28)16(3)20-23-24-25-27(20)7-9-30-4/h10-12,16,28H,5-9,13H2,1-4H3,(H,22,29)/p+1/t16-/m0/s1. The van der Waals surface area contributed by atoms with Gasteiger partial charge in [-0.3, -0.25) is 4.79 Å². The molecule has 0 radical (unpaired) electrons. The number of aliphatic hydroxyl groups is 1. The smallest absolute Gasteiger partial charge is 0.257 e. The number of ether oxygens (including phenoxy) is 1. The Kier molecular flexibility index (Phi) is 7.30. The van der Waals surface area contributed by atoms with Crippen molar-refractivity contribution in [1.29, 1.82) is 0 Å². The molecular formula is C21H31N6O3+. The van der Waals surface area contributed by atoms with Crippen LogP contribution in [0.1, 0.15) is 41.9 Å². The van der Waals surface area contributed by atoms with Gasteiger partial charge in [0.1, 0.15) is 12.6 Å². The molecule has 0 aliphatic heterocycles. The summed E-state index contributed by atoms with van der Waals surface area (Å²) in [7, 11) is 1.64. The van der Waals surface area contributed by atoms with Crippen molar-refractivity contribution in [3.05, 3.63) is 51.1 Å². The molecular weight excluding hydrogens is 384 g/mol. The van der Waals surface area contributed by atoms with Gasteiger partial charge in [0, 0.05) is 20.1 Å². The van der Waals surface area contributed by atoms with Crippen molar-refractivity contribution in [3.63, 3.8) is 0 Å². The fourth-order valence-corrected chi connectivity index (χ4v) is 3.91. The number of H-pyrrole nitrogens is 1. The van der Waals surface area contributed by atoms with E-state index in [0.717, 1.165) is 32.8 Å². The lowest BCUT2D eigenvalue weighted by atomic mass is 10.0. The second-order valence-corrected chi connectivity index (χ2v) is 7.81. The fourth-order valence-electron chi connectivity index (χ4n) is 3.91. The van der Waals surface area contributed by atoms with Crippen molar-refractivity contribution in [2.24, 2.45) is 0 Å². The molecule has 9 heteroatoms. The maximum Gasteiger partial charge on any atom is 0.257 e. The molecule has 0 saturated carbocycles. The Bertz CT molecular complexity index is 1040. The molecule has 3 aromatic rings. The number of aromatic amines is 1. The Balaban J connectivity index is 1.92. The number of aromatic nitrogens is 5. The highest BCUT2D eigenvalue weighted by Crippen LogP contribution is 2.18. The van der Waals surface area contributed by atoms with Gasteiger partial charge in [-0.25, -0.2) is 4.68 Å². The van der Waals surface area contributed by atoms with Gasteiger partial charge in [0.2, 0.25) is 5.82 Å². The number of rotatable bonds is 10. The van der Waals surface area contributed by atoms with Crippen molar-refractivity contribution in [3.8, 4) is 0 Å². The second kappa shape index (κ2) is 9.92. The normalized spacial score (nSPS) is 13.6. The zero-order chi connectivity index (χ0) is 21.7. The predicted octanol–water partition coefficient (Wildman–Crippen LogP) is 0.306. The van der Waals surface area contributed by atoms with Gasteiger partial charge in [-0.2, -0.15) is 0 Å². The lowest BCUT2D eigenvalue weighted by Crippen LogP contribution is -3.11. The number of fused-ring (bicyclic) bond motifs is 1. The van der Waals surface area contributed by atoms with Gasteiger partial charge in [-0.05, 0) is 54.3 Å². The van der Waals surface area contributed by atoms with Crippen LogP contribution in [0.2, 0.25) is 0 Å². The van der Waals surface area contributed by atoms with Crippen molar-refractivity contribution in [1.82, 2.24) is 25.2 Å². The number of nitrogens with one attached hydrogen (secondary N) is 2. The summed E-state index contributed by atoms with van der Waals surface area (Å²) in [6.45, 7) is 8.48. The molecule has 3 N–H and O–H groups in total. The minimum absolute atomic E-state index is 0.0576. The number of methoxy groups -OCH3 is 1. The van der Waals surface area contributed by atoms with E-state index in [-0.39, 0.29) is 18.2 Å². The van der Waals surface area contributed by atoms with Crippen molar-refractivity contribution in [2.75, 3.05) is 26.9 Å². The minimum Gasteiger partial charge on any atom is -0.396 e. The maximum absolute atomic E-state index is 12.8. The lowest BCUT2D eigenvalue weighted by Gasteiger charge is -2.25. The van der Waals surface area contributed by atoms with Gasteiger partial charge in [-0.1, -0.05) is 11.6 Å². The molecule has 9 nitrogen and oxygen atoms in total.